The number of hydrogen-bond acceptors (Lipinski definition) is 0. The number of allylic oxidation sites excluding steroid dienone is 4. The van der Waals surface area contributed by atoms with E-state index in [1.54, 1.807) is 0 Å². The average Bonchev–Trinajstić information content (AvgIpc) is 2.04. The van der Waals surface area contributed by atoms with Gasteiger partial charge in [-0.2, -0.15) is 0 Å². The van der Waals surface area contributed by atoms with Crippen LogP contribution in [0.3, 0.4) is 0 Å². The summed E-state index contributed by atoms with van der Waals surface area (Å²) < 4.78 is 0. The summed E-state index contributed by atoms with van der Waals surface area (Å²) in [5.74, 6) is 0.802. The first kappa shape index (κ1) is 10.6. The van der Waals surface area contributed by atoms with Gasteiger partial charge in [-0.25, -0.2) is 0 Å². The molecule has 0 aromatic carbocycles. The molecule has 0 nitrogen and oxygen atoms in total. The minimum Gasteiger partial charge on any atom is -0.0808 e. The SMILES string of the molecule is CCCC1C=CC(C(C)(C)C)=CC1. The van der Waals surface area contributed by atoms with Gasteiger partial charge < -0.3 is 0 Å². The largest absolute Gasteiger partial charge is 0.0808 e. The third kappa shape index (κ3) is 3.02. The Labute approximate surface area is 82.7 Å². The van der Waals surface area contributed by atoms with Gasteiger partial charge in [-0.05, 0) is 29.7 Å². The molecule has 0 saturated carbocycles. The minimum atomic E-state index is 0.327. The molecule has 0 aromatic heterocycles. The molecule has 0 bridgehead atoms. The van der Waals surface area contributed by atoms with Crippen LogP contribution >= 0.6 is 0 Å². The van der Waals surface area contributed by atoms with Crippen LogP contribution in [0.25, 0.3) is 0 Å². The summed E-state index contributed by atoms with van der Waals surface area (Å²) in [6.07, 6.45) is 11.0. The van der Waals surface area contributed by atoms with Crippen molar-refractivity contribution in [2.45, 2.75) is 47.0 Å². The molecule has 0 N–H and O–H groups in total. The second-order valence-electron chi connectivity index (χ2n) is 5.05. The number of hydrogen-bond donors (Lipinski definition) is 0. The van der Waals surface area contributed by atoms with Crippen LogP contribution in [0.5, 0.6) is 0 Å². The van der Waals surface area contributed by atoms with Crippen LogP contribution < -0.4 is 0 Å². The van der Waals surface area contributed by atoms with Gasteiger partial charge in [-0.3, -0.25) is 0 Å². The Hall–Kier alpha value is -0.520. The van der Waals surface area contributed by atoms with Gasteiger partial charge in [0.25, 0.3) is 0 Å². The Morgan fingerprint density at radius 2 is 2.08 bits per heavy atom. The fourth-order valence-electron chi connectivity index (χ4n) is 1.81. The van der Waals surface area contributed by atoms with Crippen LogP contribution in [-0.2, 0) is 0 Å². The van der Waals surface area contributed by atoms with Crippen LogP contribution in [0.2, 0.25) is 0 Å². The summed E-state index contributed by atoms with van der Waals surface area (Å²) in [5, 5.41) is 0. The molecule has 1 unspecified atom stereocenters. The molecular formula is C13H22. The summed E-state index contributed by atoms with van der Waals surface area (Å²) in [4.78, 5) is 0. The average molecular weight is 178 g/mol. The lowest BCUT2D eigenvalue weighted by atomic mass is 9.81. The quantitative estimate of drug-likeness (QED) is 0.590. The van der Waals surface area contributed by atoms with Crippen molar-refractivity contribution in [3.8, 4) is 0 Å². The van der Waals surface area contributed by atoms with Crippen molar-refractivity contribution in [3.63, 3.8) is 0 Å². The Morgan fingerprint density at radius 1 is 1.38 bits per heavy atom. The molecule has 1 rings (SSSR count). The van der Waals surface area contributed by atoms with Gasteiger partial charge in [0, 0.05) is 0 Å². The zero-order chi connectivity index (χ0) is 9.90. The van der Waals surface area contributed by atoms with E-state index in [9.17, 15) is 0 Å². The molecule has 0 fully saturated rings. The molecule has 0 aromatic rings. The summed E-state index contributed by atoms with van der Waals surface area (Å²) in [6, 6.07) is 0. The monoisotopic (exact) mass is 178 g/mol. The predicted molar refractivity (Wildman–Crippen MR) is 59.7 cm³/mol. The molecule has 13 heavy (non-hydrogen) atoms. The highest BCUT2D eigenvalue weighted by Gasteiger charge is 2.17. The summed E-state index contributed by atoms with van der Waals surface area (Å²) in [7, 11) is 0. The second-order valence-corrected chi connectivity index (χ2v) is 5.05. The molecule has 0 saturated heterocycles. The first-order valence-electron chi connectivity index (χ1n) is 5.43. The molecule has 0 heterocycles. The van der Waals surface area contributed by atoms with Gasteiger partial charge in [0.1, 0.15) is 0 Å². The molecule has 1 aliphatic rings. The van der Waals surface area contributed by atoms with E-state index >= 15 is 0 Å². The maximum atomic E-state index is 2.42. The maximum Gasteiger partial charge on any atom is -0.0135 e. The molecule has 0 aliphatic heterocycles. The number of rotatable bonds is 2. The zero-order valence-electron chi connectivity index (χ0n) is 9.43. The highest BCUT2D eigenvalue weighted by Crippen LogP contribution is 2.31. The van der Waals surface area contributed by atoms with Gasteiger partial charge in [-0.15, -0.1) is 0 Å². The molecule has 0 spiro atoms. The zero-order valence-corrected chi connectivity index (χ0v) is 9.43. The Kier molecular flexibility index (Phi) is 3.35. The van der Waals surface area contributed by atoms with Gasteiger partial charge >= 0.3 is 0 Å². The molecule has 74 valence electrons. The second kappa shape index (κ2) is 4.13. The lowest BCUT2D eigenvalue weighted by molar-refractivity contribution is 0.498. The first-order chi connectivity index (χ1) is 6.04. The van der Waals surface area contributed by atoms with Gasteiger partial charge in [0.15, 0.2) is 0 Å². The smallest absolute Gasteiger partial charge is 0.0135 e. The highest BCUT2D eigenvalue weighted by molar-refractivity contribution is 5.28. The molecule has 0 amide bonds. The van der Waals surface area contributed by atoms with Crippen molar-refractivity contribution in [3.05, 3.63) is 23.8 Å². The van der Waals surface area contributed by atoms with Crippen molar-refractivity contribution in [2.24, 2.45) is 11.3 Å². The third-order valence-electron chi connectivity index (χ3n) is 2.71. The molecule has 1 atom stereocenters. The van der Waals surface area contributed by atoms with Crippen LogP contribution in [-0.4, -0.2) is 0 Å². The topological polar surface area (TPSA) is 0 Å². The van der Waals surface area contributed by atoms with Crippen molar-refractivity contribution >= 4 is 0 Å². The summed E-state index contributed by atoms with van der Waals surface area (Å²) in [6.45, 7) is 9.10. The van der Waals surface area contributed by atoms with Crippen molar-refractivity contribution < 1.29 is 0 Å². The lowest BCUT2D eigenvalue weighted by Gasteiger charge is -2.24. The lowest BCUT2D eigenvalue weighted by Crippen LogP contribution is -2.11. The van der Waals surface area contributed by atoms with E-state index in [-0.39, 0.29) is 0 Å². The van der Waals surface area contributed by atoms with E-state index in [1.165, 1.54) is 24.8 Å². The fraction of sp³-hybridized carbons (Fsp3) is 0.692. The van der Waals surface area contributed by atoms with E-state index < -0.39 is 0 Å². The summed E-state index contributed by atoms with van der Waals surface area (Å²) in [5.41, 5.74) is 1.83. The van der Waals surface area contributed by atoms with Crippen LogP contribution in [0, 0.1) is 11.3 Å². The summed E-state index contributed by atoms with van der Waals surface area (Å²) >= 11 is 0. The van der Waals surface area contributed by atoms with E-state index in [2.05, 4.69) is 45.9 Å². The van der Waals surface area contributed by atoms with Gasteiger partial charge in [0.2, 0.25) is 0 Å². The van der Waals surface area contributed by atoms with E-state index in [0.717, 1.165) is 5.92 Å². The van der Waals surface area contributed by atoms with Crippen LogP contribution in [0.4, 0.5) is 0 Å². The Bertz CT molecular complexity index is 213. The van der Waals surface area contributed by atoms with Gasteiger partial charge in [0.05, 0.1) is 0 Å². The molecule has 0 heteroatoms. The molecule has 1 aliphatic carbocycles. The first-order valence-corrected chi connectivity index (χ1v) is 5.43. The van der Waals surface area contributed by atoms with E-state index in [1.807, 2.05) is 0 Å². The molecule has 0 radical (unpaired) electrons. The van der Waals surface area contributed by atoms with Crippen LogP contribution in [0.15, 0.2) is 23.8 Å². The van der Waals surface area contributed by atoms with E-state index in [4.69, 9.17) is 0 Å². The van der Waals surface area contributed by atoms with Crippen molar-refractivity contribution in [1.82, 2.24) is 0 Å². The molecular weight excluding hydrogens is 156 g/mol. The highest BCUT2D eigenvalue weighted by atomic mass is 14.2. The van der Waals surface area contributed by atoms with Crippen LogP contribution in [0.1, 0.15) is 47.0 Å². The van der Waals surface area contributed by atoms with E-state index in [0.29, 0.717) is 5.41 Å². The third-order valence-corrected chi connectivity index (χ3v) is 2.71. The maximum absolute atomic E-state index is 2.42. The van der Waals surface area contributed by atoms with Crippen molar-refractivity contribution in [2.75, 3.05) is 0 Å². The Morgan fingerprint density at radius 3 is 2.46 bits per heavy atom. The normalized spacial score (nSPS) is 23.1. The standard InChI is InChI=1S/C13H22/c1-5-6-11-7-9-12(10-8-11)13(2,3)4/h7,9-11H,5-6,8H2,1-4H3. The fourth-order valence-corrected chi connectivity index (χ4v) is 1.81. The Balaban J connectivity index is 2.55. The minimum absolute atomic E-state index is 0.327. The van der Waals surface area contributed by atoms with Crippen molar-refractivity contribution in [1.29, 1.82) is 0 Å². The van der Waals surface area contributed by atoms with Gasteiger partial charge in [-0.1, -0.05) is 52.3 Å². The predicted octanol–water partition coefficient (Wildman–Crippen LogP) is 4.34.